The molecule has 37 heavy (non-hydrogen) atoms. The van der Waals surface area contributed by atoms with Gasteiger partial charge in [-0.1, -0.05) is 36.4 Å². The van der Waals surface area contributed by atoms with E-state index >= 15 is 0 Å². The van der Waals surface area contributed by atoms with Crippen molar-refractivity contribution >= 4 is 22.6 Å². The monoisotopic (exact) mass is 493 g/mol. The van der Waals surface area contributed by atoms with E-state index in [1.165, 1.54) is 9.08 Å². The lowest BCUT2D eigenvalue weighted by Crippen LogP contribution is -2.27. The molecule has 10 nitrogen and oxygen atoms in total. The van der Waals surface area contributed by atoms with E-state index < -0.39 is 0 Å². The van der Waals surface area contributed by atoms with Gasteiger partial charge in [0.25, 0.3) is 5.91 Å². The Morgan fingerprint density at radius 2 is 1.86 bits per heavy atom. The molecule has 6 rings (SSSR count). The van der Waals surface area contributed by atoms with Crippen LogP contribution in [0.1, 0.15) is 22.5 Å². The molecule has 1 amide bonds. The molecule has 0 aliphatic carbocycles. The molecule has 0 bridgehead atoms. The third-order valence-corrected chi connectivity index (χ3v) is 6.13. The number of hydrogen-bond donors (Lipinski definition) is 1. The first-order valence-corrected chi connectivity index (χ1v) is 11.9. The predicted octanol–water partition coefficient (Wildman–Crippen LogP) is 3.37. The standard InChI is InChI=1S/C27H23N7O3/c35-26(28-12-7-14-33-27(36)32-13-5-4-11-24(32)31-33)21-16-23(19-8-2-1-3-9-19)30-25-22(21)17-29-34(25)18-20-10-6-15-37-20/h1-6,8-11,13,15-17H,7,12,14,18H2,(H,28,35). The SMILES string of the molecule is O=C(NCCCn1nc2ccccn2c1=O)c1cc(-c2ccccc2)nc2c1cnn2Cc1ccco1. The summed E-state index contributed by atoms with van der Waals surface area (Å²) in [4.78, 5) is 30.6. The summed E-state index contributed by atoms with van der Waals surface area (Å²) < 4.78 is 10.1. The molecule has 0 unspecified atom stereocenters. The Hall–Kier alpha value is -4.99. The summed E-state index contributed by atoms with van der Waals surface area (Å²) in [6.45, 7) is 1.17. The number of amides is 1. The second kappa shape index (κ2) is 9.57. The average Bonchev–Trinajstić information content (AvgIpc) is 3.67. The summed E-state index contributed by atoms with van der Waals surface area (Å²) in [6, 6.07) is 20.6. The molecule has 0 aliphatic rings. The Morgan fingerprint density at radius 3 is 2.68 bits per heavy atom. The van der Waals surface area contributed by atoms with Crippen molar-refractivity contribution in [2.45, 2.75) is 19.5 Å². The summed E-state index contributed by atoms with van der Waals surface area (Å²) in [7, 11) is 0. The van der Waals surface area contributed by atoms with Crippen LogP contribution in [0.3, 0.4) is 0 Å². The van der Waals surface area contributed by atoms with Crippen LogP contribution < -0.4 is 11.0 Å². The van der Waals surface area contributed by atoms with Crippen molar-refractivity contribution in [2.24, 2.45) is 0 Å². The van der Waals surface area contributed by atoms with Gasteiger partial charge in [-0.3, -0.25) is 9.20 Å². The van der Waals surface area contributed by atoms with Crippen LogP contribution in [0.2, 0.25) is 0 Å². The summed E-state index contributed by atoms with van der Waals surface area (Å²) in [5.41, 5.74) is 3.05. The molecule has 5 aromatic heterocycles. The highest BCUT2D eigenvalue weighted by Gasteiger charge is 2.18. The van der Waals surface area contributed by atoms with Gasteiger partial charge in [0.05, 0.1) is 29.1 Å². The molecule has 0 spiro atoms. The highest BCUT2D eigenvalue weighted by Crippen LogP contribution is 2.25. The van der Waals surface area contributed by atoms with Crippen LogP contribution in [0.25, 0.3) is 27.9 Å². The number of fused-ring (bicyclic) bond motifs is 2. The topological polar surface area (TPSA) is 112 Å². The fourth-order valence-electron chi connectivity index (χ4n) is 4.30. The lowest BCUT2D eigenvalue weighted by atomic mass is 10.1. The average molecular weight is 494 g/mol. The van der Waals surface area contributed by atoms with Crippen LogP contribution in [0.4, 0.5) is 0 Å². The smallest absolute Gasteiger partial charge is 0.350 e. The van der Waals surface area contributed by atoms with E-state index in [4.69, 9.17) is 9.40 Å². The molecule has 5 heterocycles. The minimum atomic E-state index is -0.232. The predicted molar refractivity (Wildman–Crippen MR) is 137 cm³/mol. The molecule has 0 aliphatic heterocycles. The first kappa shape index (κ1) is 22.5. The Morgan fingerprint density at radius 1 is 1.00 bits per heavy atom. The van der Waals surface area contributed by atoms with Crippen molar-refractivity contribution in [3.05, 3.63) is 107 Å². The minimum absolute atomic E-state index is 0.200. The number of nitrogens with one attached hydrogen (secondary N) is 1. The summed E-state index contributed by atoms with van der Waals surface area (Å²) in [5, 5.41) is 12.4. The van der Waals surface area contributed by atoms with Gasteiger partial charge in [-0.2, -0.15) is 5.10 Å². The molecule has 0 radical (unpaired) electrons. The normalized spacial score (nSPS) is 11.4. The van der Waals surface area contributed by atoms with Crippen LogP contribution in [-0.2, 0) is 13.1 Å². The number of carbonyl (C=O) groups excluding carboxylic acids is 1. The lowest BCUT2D eigenvalue weighted by Gasteiger charge is -2.10. The number of pyridine rings is 2. The maximum atomic E-state index is 13.3. The summed E-state index contributed by atoms with van der Waals surface area (Å²) in [6.07, 6.45) is 5.51. The van der Waals surface area contributed by atoms with Crippen molar-refractivity contribution in [3.63, 3.8) is 0 Å². The molecule has 1 aromatic carbocycles. The van der Waals surface area contributed by atoms with E-state index in [-0.39, 0.29) is 11.6 Å². The fraction of sp³-hybridized carbons (Fsp3) is 0.148. The van der Waals surface area contributed by atoms with Gasteiger partial charge in [0.2, 0.25) is 0 Å². The summed E-state index contributed by atoms with van der Waals surface area (Å²) >= 11 is 0. The number of aryl methyl sites for hydroxylation is 1. The molecule has 184 valence electrons. The van der Waals surface area contributed by atoms with E-state index in [9.17, 15) is 9.59 Å². The van der Waals surface area contributed by atoms with Crippen LogP contribution in [0.15, 0.2) is 94.6 Å². The Kier molecular flexibility index (Phi) is 5.81. The van der Waals surface area contributed by atoms with Gasteiger partial charge >= 0.3 is 5.69 Å². The largest absolute Gasteiger partial charge is 0.467 e. The highest BCUT2D eigenvalue weighted by atomic mass is 16.3. The molecule has 0 saturated carbocycles. The maximum Gasteiger partial charge on any atom is 0.350 e. The number of aromatic nitrogens is 6. The van der Waals surface area contributed by atoms with Gasteiger partial charge in [0.15, 0.2) is 11.3 Å². The van der Waals surface area contributed by atoms with Crippen molar-refractivity contribution in [1.82, 2.24) is 34.3 Å². The molecular weight excluding hydrogens is 470 g/mol. The van der Waals surface area contributed by atoms with Gasteiger partial charge in [-0.05, 0) is 36.8 Å². The van der Waals surface area contributed by atoms with E-state index in [0.717, 1.165) is 11.3 Å². The van der Waals surface area contributed by atoms with Crippen LogP contribution >= 0.6 is 0 Å². The first-order chi connectivity index (χ1) is 18.2. The maximum absolute atomic E-state index is 13.3. The molecular formula is C27H23N7O3. The summed E-state index contributed by atoms with van der Waals surface area (Å²) in [5.74, 6) is 0.509. The number of nitrogens with zero attached hydrogens (tertiary/aromatic N) is 6. The quantitative estimate of drug-likeness (QED) is 0.326. The van der Waals surface area contributed by atoms with Gasteiger partial charge in [0, 0.05) is 24.8 Å². The van der Waals surface area contributed by atoms with Crippen LogP contribution in [0.5, 0.6) is 0 Å². The molecule has 0 saturated heterocycles. The number of carbonyl (C=O) groups is 1. The molecule has 6 aromatic rings. The third-order valence-electron chi connectivity index (χ3n) is 6.13. The van der Waals surface area contributed by atoms with Crippen LogP contribution in [-0.4, -0.2) is 41.4 Å². The first-order valence-electron chi connectivity index (χ1n) is 11.9. The number of rotatable bonds is 8. The van der Waals surface area contributed by atoms with Gasteiger partial charge < -0.3 is 9.73 Å². The third kappa shape index (κ3) is 4.40. The van der Waals surface area contributed by atoms with Gasteiger partial charge in [0.1, 0.15) is 12.3 Å². The number of furan rings is 1. The van der Waals surface area contributed by atoms with Crippen molar-refractivity contribution < 1.29 is 9.21 Å². The second-order valence-corrected chi connectivity index (χ2v) is 8.58. The highest BCUT2D eigenvalue weighted by molar-refractivity contribution is 6.06. The second-order valence-electron chi connectivity index (χ2n) is 8.58. The molecule has 1 N–H and O–H groups in total. The van der Waals surface area contributed by atoms with E-state index in [2.05, 4.69) is 15.5 Å². The Balaban J connectivity index is 1.24. The Bertz CT molecular complexity index is 1750. The minimum Gasteiger partial charge on any atom is -0.467 e. The fourth-order valence-corrected chi connectivity index (χ4v) is 4.30. The van der Waals surface area contributed by atoms with Crippen molar-refractivity contribution in [2.75, 3.05) is 6.54 Å². The van der Waals surface area contributed by atoms with Crippen LogP contribution in [0, 0.1) is 0 Å². The van der Waals surface area contributed by atoms with E-state index in [1.807, 2.05) is 48.5 Å². The number of hydrogen-bond acceptors (Lipinski definition) is 6. The zero-order chi connectivity index (χ0) is 25.2. The van der Waals surface area contributed by atoms with E-state index in [1.54, 1.807) is 41.5 Å². The molecule has 0 atom stereocenters. The van der Waals surface area contributed by atoms with Crippen molar-refractivity contribution in [1.29, 1.82) is 0 Å². The molecule has 0 fully saturated rings. The van der Waals surface area contributed by atoms with Crippen molar-refractivity contribution in [3.8, 4) is 11.3 Å². The number of benzene rings is 1. The lowest BCUT2D eigenvalue weighted by molar-refractivity contribution is 0.0954. The van der Waals surface area contributed by atoms with E-state index in [0.29, 0.717) is 54.0 Å². The zero-order valence-electron chi connectivity index (χ0n) is 19.8. The Labute approximate surface area is 210 Å². The van der Waals surface area contributed by atoms with Gasteiger partial charge in [-0.25, -0.2) is 19.1 Å². The van der Waals surface area contributed by atoms with Gasteiger partial charge in [-0.15, -0.1) is 5.10 Å². The zero-order valence-corrected chi connectivity index (χ0v) is 19.8. The molecule has 10 heteroatoms.